The number of aryl methyl sites for hydroxylation is 1. The first-order chi connectivity index (χ1) is 14.4. The van der Waals surface area contributed by atoms with Gasteiger partial charge in [0.15, 0.2) is 5.69 Å². The molecule has 0 atom stereocenters. The fraction of sp³-hybridized carbons (Fsp3) is 0.609. The average Bonchev–Trinajstić information content (AvgIpc) is 3.14. The van der Waals surface area contributed by atoms with Crippen LogP contribution in [-0.4, -0.2) is 30.8 Å². The van der Waals surface area contributed by atoms with Crippen molar-refractivity contribution in [3.05, 3.63) is 41.8 Å². The van der Waals surface area contributed by atoms with Crippen molar-refractivity contribution in [3.63, 3.8) is 0 Å². The average molecular weight is 455 g/mol. The predicted molar refractivity (Wildman–Crippen MR) is 125 cm³/mol. The second-order valence-corrected chi connectivity index (χ2v) is 10.5. The minimum absolute atomic E-state index is 0.539. The third kappa shape index (κ3) is 7.10. The van der Waals surface area contributed by atoms with E-state index in [4.69, 9.17) is 11.6 Å². The topological polar surface area (TPSA) is 46.2 Å². The maximum atomic E-state index is 12.8. The lowest BCUT2D eigenvalue weighted by atomic mass is 10.1. The fourth-order valence-corrected chi connectivity index (χ4v) is 4.78. The molecule has 0 saturated carbocycles. The summed E-state index contributed by atoms with van der Waals surface area (Å²) in [6.45, 7) is 3.05. The Hall–Kier alpha value is -1.37. The van der Waals surface area contributed by atoms with Gasteiger partial charge in [0.05, 0.1) is 11.6 Å². The number of unbranched alkanes of at least 4 members (excludes halogenated alkanes) is 9. The molecule has 0 aliphatic heterocycles. The molecule has 0 aliphatic carbocycles. The summed E-state index contributed by atoms with van der Waals surface area (Å²) >= 11 is 6.35. The molecule has 1 aromatic carbocycles. The lowest BCUT2D eigenvalue weighted by Gasteiger charge is -2.09. The van der Waals surface area contributed by atoms with Crippen molar-refractivity contribution in [1.82, 2.24) is 8.28 Å². The molecule has 0 saturated heterocycles. The summed E-state index contributed by atoms with van der Waals surface area (Å²) in [5.41, 5.74) is 1.30. The molecule has 168 valence electrons. The molecule has 0 N–H and O–H groups in total. The summed E-state index contributed by atoms with van der Waals surface area (Å²) in [6.07, 6.45) is 16.3. The van der Waals surface area contributed by atoms with Crippen molar-refractivity contribution in [2.45, 2.75) is 77.7 Å². The van der Waals surface area contributed by atoms with E-state index in [9.17, 15) is 8.42 Å². The molecule has 2 aromatic rings. The first-order valence-electron chi connectivity index (χ1n) is 11.2. The number of aromatic nitrogens is 2. The fourth-order valence-electron chi connectivity index (χ4n) is 3.57. The van der Waals surface area contributed by atoms with Crippen LogP contribution in [0, 0.1) is 0 Å². The Bertz CT molecular complexity index is 878. The van der Waals surface area contributed by atoms with Gasteiger partial charge in [-0.05, 0) is 25.0 Å². The lowest BCUT2D eigenvalue weighted by molar-refractivity contribution is -0.696. The van der Waals surface area contributed by atoms with Crippen molar-refractivity contribution in [1.29, 1.82) is 0 Å². The van der Waals surface area contributed by atoms with E-state index in [1.165, 1.54) is 73.7 Å². The van der Waals surface area contributed by atoms with E-state index < -0.39 is 10.2 Å². The van der Waals surface area contributed by atoms with Gasteiger partial charge < -0.3 is 0 Å². The summed E-state index contributed by atoms with van der Waals surface area (Å²) in [7, 11) is -0.554. The summed E-state index contributed by atoms with van der Waals surface area (Å²) in [5.74, 6) is 0. The second-order valence-electron chi connectivity index (χ2n) is 8.12. The predicted octanol–water partition coefficient (Wildman–Crippen LogP) is 5.67. The van der Waals surface area contributed by atoms with Crippen LogP contribution in [0.25, 0.3) is 11.3 Å². The van der Waals surface area contributed by atoms with Gasteiger partial charge in [-0.25, -0.2) is 4.57 Å². The Balaban J connectivity index is 1.95. The molecule has 0 spiro atoms. The van der Waals surface area contributed by atoms with E-state index in [1.54, 1.807) is 12.4 Å². The van der Waals surface area contributed by atoms with Crippen LogP contribution in [0.5, 0.6) is 0 Å². The molecule has 0 unspecified atom stereocenters. The van der Waals surface area contributed by atoms with Gasteiger partial charge in [-0.1, -0.05) is 82.0 Å². The number of nitrogens with zero attached hydrogens (tertiary/aromatic N) is 3. The number of rotatable bonds is 14. The van der Waals surface area contributed by atoms with E-state index in [1.807, 2.05) is 29.0 Å². The highest BCUT2D eigenvalue weighted by atomic mass is 35.5. The molecule has 1 heterocycles. The third-order valence-corrected chi connectivity index (χ3v) is 7.45. The van der Waals surface area contributed by atoms with Crippen molar-refractivity contribution < 1.29 is 13.0 Å². The lowest BCUT2D eigenvalue weighted by Crippen LogP contribution is -2.33. The highest BCUT2D eigenvalue weighted by Crippen LogP contribution is 2.28. The Kier molecular flexibility index (Phi) is 10.4. The first kappa shape index (κ1) is 24.9. The molecule has 30 heavy (non-hydrogen) atoms. The number of imidazole rings is 1. The van der Waals surface area contributed by atoms with Crippen molar-refractivity contribution >= 4 is 21.8 Å². The molecule has 0 radical (unpaired) electrons. The van der Waals surface area contributed by atoms with Gasteiger partial charge in [-0.3, -0.25) is 0 Å². The van der Waals surface area contributed by atoms with Crippen LogP contribution in [0.4, 0.5) is 0 Å². The summed E-state index contributed by atoms with van der Waals surface area (Å²) in [4.78, 5) is 0. The van der Waals surface area contributed by atoms with E-state index >= 15 is 0 Å². The number of halogens is 1. The molecule has 0 amide bonds. The molecule has 0 fully saturated rings. The van der Waals surface area contributed by atoms with Crippen LogP contribution < -0.4 is 4.57 Å². The molecular formula is C23H37ClN3O2S+. The van der Waals surface area contributed by atoms with Crippen LogP contribution in [0.1, 0.15) is 71.1 Å². The maximum absolute atomic E-state index is 12.8. The SMILES string of the molecule is CCCCCCCCCCCC[n+]1cc(-c2ccccc2Cl)n(S(=O)(=O)N(C)C)c1. The van der Waals surface area contributed by atoms with Crippen molar-refractivity contribution in [3.8, 4) is 11.3 Å². The zero-order chi connectivity index (χ0) is 22.0. The summed E-state index contributed by atoms with van der Waals surface area (Å²) in [5, 5.41) is 0.539. The van der Waals surface area contributed by atoms with Crippen LogP contribution in [0.2, 0.25) is 5.02 Å². The largest absolute Gasteiger partial charge is 0.379 e. The van der Waals surface area contributed by atoms with E-state index in [2.05, 4.69) is 6.92 Å². The van der Waals surface area contributed by atoms with Crippen molar-refractivity contribution in [2.75, 3.05) is 14.1 Å². The Morgan fingerprint density at radius 2 is 1.50 bits per heavy atom. The molecule has 0 bridgehead atoms. The smallest absolute Gasteiger partial charge is 0.235 e. The number of hydrogen-bond acceptors (Lipinski definition) is 2. The number of benzene rings is 1. The minimum atomic E-state index is -3.63. The van der Waals surface area contributed by atoms with Crippen LogP contribution in [0.15, 0.2) is 36.8 Å². The second kappa shape index (κ2) is 12.5. The van der Waals surface area contributed by atoms with Crippen molar-refractivity contribution in [2.24, 2.45) is 0 Å². The van der Waals surface area contributed by atoms with Gasteiger partial charge in [0.25, 0.3) is 6.33 Å². The van der Waals surface area contributed by atoms with E-state index in [0.29, 0.717) is 16.3 Å². The van der Waals surface area contributed by atoms with Gasteiger partial charge in [-0.15, -0.1) is 3.97 Å². The molecule has 0 aliphatic rings. The molecule has 5 nitrogen and oxygen atoms in total. The van der Waals surface area contributed by atoms with Gasteiger partial charge in [0, 0.05) is 19.7 Å². The third-order valence-electron chi connectivity index (χ3n) is 5.41. The zero-order valence-corrected chi connectivity index (χ0v) is 20.3. The highest BCUT2D eigenvalue weighted by Gasteiger charge is 2.29. The Morgan fingerprint density at radius 1 is 0.933 bits per heavy atom. The summed E-state index contributed by atoms with van der Waals surface area (Å²) in [6, 6.07) is 7.35. The monoisotopic (exact) mass is 454 g/mol. The molecule has 1 aromatic heterocycles. The first-order valence-corrected chi connectivity index (χ1v) is 12.9. The van der Waals surface area contributed by atoms with Gasteiger partial charge in [0.2, 0.25) is 0 Å². The highest BCUT2D eigenvalue weighted by molar-refractivity contribution is 7.87. The van der Waals surface area contributed by atoms with Crippen LogP contribution >= 0.6 is 11.6 Å². The van der Waals surface area contributed by atoms with Gasteiger partial charge in [-0.2, -0.15) is 12.7 Å². The Labute approximate surface area is 187 Å². The maximum Gasteiger partial charge on any atom is 0.379 e. The number of hydrogen-bond donors (Lipinski definition) is 0. The van der Waals surface area contributed by atoms with Gasteiger partial charge in [0.1, 0.15) is 6.20 Å². The summed E-state index contributed by atoms with van der Waals surface area (Å²) < 4.78 is 30.2. The normalized spacial score (nSPS) is 12.0. The molecule has 7 heteroatoms. The van der Waals surface area contributed by atoms with E-state index in [-0.39, 0.29) is 0 Å². The zero-order valence-electron chi connectivity index (χ0n) is 18.7. The minimum Gasteiger partial charge on any atom is -0.235 e. The van der Waals surface area contributed by atoms with Crippen LogP contribution in [0.3, 0.4) is 0 Å². The quantitative estimate of drug-likeness (QED) is 0.272. The molecular weight excluding hydrogens is 418 g/mol. The van der Waals surface area contributed by atoms with Crippen LogP contribution in [-0.2, 0) is 16.8 Å². The molecule has 2 rings (SSSR count). The Morgan fingerprint density at radius 3 is 2.07 bits per heavy atom. The van der Waals surface area contributed by atoms with E-state index in [0.717, 1.165) is 19.4 Å². The van der Waals surface area contributed by atoms with Gasteiger partial charge >= 0.3 is 10.2 Å². The standard InChI is InChI=1S/C23H37ClN3O2S/c1-4-5-6-7-8-9-10-11-12-15-18-26-19-23(21-16-13-14-17-22(21)24)27(20-26)30(28,29)25(2)3/h13-14,16-17,19-20H,4-12,15,18H2,1-3H3/q+1.